The standard InChI is InChI=1S/C17H19NO2/c1-13(14-9-5-3-6-10-14)18-16(17(19)20-2)15-11-7-4-8-12-15/h3-13,16,18H,1-2H3/t13-,16+/m0/s1. The van der Waals surface area contributed by atoms with Crippen molar-refractivity contribution in [3.05, 3.63) is 71.8 Å². The largest absolute Gasteiger partial charge is 0.468 e. The van der Waals surface area contributed by atoms with E-state index in [9.17, 15) is 4.79 Å². The first-order valence-corrected chi connectivity index (χ1v) is 6.66. The Morgan fingerprint density at radius 2 is 1.45 bits per heavy atom. The third-order valence-corrected chi connectivity index (χ3v) is 3.29. The lowest BCUT2D eigenvalue weighted by molar-refractivity contribution is -0.143. The number of hydrogen-bond acceptors (Lipinski definition) is 3. The van der Waals surface area contributed by atoms with Crippen LogP contribution in [0, 0.1) is 0 Å². The average Bonchev–Trinajstić information content (AvgIpc) is 2.53. The van der Waals surface area contributed by atoms with Gasteiger partial charge in [-0.2, -0.15) is 0 Å². The van der Waals surface area contributed by atoms with E-state index in [0.717, 1.165) is 11.1 Å². The van der Waals surface area contributed by atoms with Crippen LogP contribution < -0.4 is 5.32 Å². The minimum absolute atomic E-state index is 0.0560. The molecular formula is C17H19NO2. The molecule has 2 aromatic rings. The van der Waals surface area contributed by atoms with Crippen LogP contribution in [-0.2, 0) is 9.53 Å². The van der Waals surface area contributed by atoms with Gasteiger partial charge in [0.1, 0.15) is 6.04 Å². The van der Waals surface area contributed by atoms with Gasteiger partial charge in [0.2, 0.25) is 0 Å². The van der Waals surface area contributed by atoms with E-state index in [1.807, 2.05) is 67.6 Å². The van der Waals surface area contributed by atoms with Gasteiger partial charge in [-0.3, -0.25) is 5.32 Å². The molecule has 0 fully saturated rings. The number of rotatable bonds is 5. The molecule has 0 bridgehead atoms. The minimum Gasteiger partial charge on any atom is -0.468 e. The molecule has 3 heteroatoms. The second-order valence-corrected chi connectivity index (χ2v) is 4.67. The highest BCUT2D eigenvalue weighted by atomic mass is 16.5. The van der Waals surface area contributed by atoms with Gasteiger partial charge in [-0.15, -0.1) is 0 Å². The number of hydrogen-bond donors (Lipinski definition) is 1. The number of carbonyl (C=O) groups excluding carboxylic acids is 1. The summed E-state index contributed by atoms with van der Waals surface area (Å²) in [4.78, 5) is 12.0. The molecule has 2 aromatic carbocycles. The molecule has 0 aromatic heterocycles. The van der Waals surface area contributed by atoms with E-state index in [-0.39, 0.29) is 12.0 Å². The zero-order valence-electron chi connectivity index (χ0n) is 11.7. The van der Waals surface area contributed by atoms with E-state index < -0.39 is 6.04 Å². The van der Waals surface area contributed by atoms with E-state index in [0.29, 0.717) is 0 Å². The summed E-state index contributed by atoms with van der Waals surface area (Å²) in [5.41, 5.74) is 2.04. The van der Waals surface area contributed by atoms with Crippen LogP contribution in [0.15, 0.2) is 60.7 Å². The van der Waals surface area contributed by atoms with Crippen LogP contribution in [0.4, 0.5) is 0 Å². The van der Waals surface area contributed by atoms with E-state index in [4.69, 9.17) is 4.74 Å². The molecule has 3 nitrogen and oxygen atoms in total. The van der Waals surface area contributed by atoms with Crippen molar-refractivity contribution in [3.63, 3.8) is 0 Å². The fourth-order valence-corrected chi connectivity index (χ4v) is 2.15. The molecular weight excluding hydrogens is 250 g/mol. The first kappa shape index (κ1) is 14.3. The van der Waals surface area contributed by atoms with E-state index >= 15 is 0 Å². The fourth-order valence-electron chi connectivity index (χ4n) is 2.15. The van der Waals surface area contributed by atoms with Crippen LogP contribution in [0.25, 0.3) is 0 Å². The Morgan fingerprint density at radius 1 is 0.950 bits per heavy atom. The van der Waals surface area contributed by atoms with Gasteiger partial charge in [-0.1, -0.05) is 60.7 Å². The molecule has 0 aliphatic heterocycles. The second-order valence-electron chi connectivity index (χ2n) is 4.67. The van der Waals surface area contributed by atoms with Gasteiger partial charge in [0.25, 0.3) is 0 Å². The Morgan fingerprint density at radius 3 is 1.95 bits per heavy atom. The first-order chi connectivity index (χ1) is 9.72. The Labute approximate surface area is 119 Å². The summed E-state index contributed by atoms with van der Waals surface area (Å²) in [7, 11) is 1.41. The number of methoxy groups -OCH3 is 1. The van der Waals surface area contributed by atoms with Crippen molar-refractivity contribution in [2.24, 2.45) is 0 Å². The molecule has 104 valence electrons. The second kappa shape index (κ2) is 6.87. The molecule has 0 saturated carbocycles. The van der Waals surface area contributed by atoms with Crippen LogP contribution in [0.5, 0.6) is 0 Å². The van der Waals surface area contributed by atoms with Crippen LogP contribution in [0.2, 0.25) is 0 Å². The third-order valence-electron chi connectivity index (χ3n) is 3.29. The van der Waals surface area contributed by atoms with Gasteiger partial charge in [-0.05, 0) is 18.1 Å². The highest BCUT2D eigenvalue weighted by molar-refractivity contribution is 5.77. The summed E-state index contributed by atoms with van der Waals surface area (Å²) in [6, 6.07) is 19.2. The number of carbonyl (C=O) groups is 1. The quantitative estimate of drug-likeness (QED) is 0.847. The van der Waals surface area contributed by atoms with Crippen LogP contribution >= 0.6 is 0 Å². The van der Waals surface area contributed by atoms with E-state index in [1.54, 1.807) is 0 Å². The number of benzene rings is 2. The van der Waals surface area contributed by atoms with Crippen molar-refractivity contribution < 1.29 is 9.53 Å². The molecule has 1 N–H and O–H groups in total. The Balaban J connectivity index is 2.19. The summed E-state index contributed by atoms with van der Waals surface area (Å²) in [5.74, 6) is -0.279. The smallest absolute Gasteiger partial charge is 0.327 e. The zero-order chi connectivity index (χ0) is 14.4. The summed E-state index contributed by atoms with van der Waals surface area (Å²) in [6.07, 6.45) is 0. The Hall–Kier alpha value is -2.13. The van der Waals surface area contributed by atoms with Crippen LogP contribution in [0.3, 0.4) is 0 Å². The molecule has 0 heterocycles. The summed E-state index contributed by atoms with van der Waals surface area (Å²) in [5, 5.41) is 3.33. The Kier molecular flexibility index (Phi) is 4.91. The van der Waals surface area contributed by atoms with Crippen molar-refractivity contribution >= 4 is 5.97 Å². The van der Waals surface area contributed by atoms with Crippen molar-refractivity contribution in [2.45, 2.75) is 19.0 Å². The van der Waals surface area contributed by atoms with Crippen molar-refractivity contribution in [1.29, 1.82) is 0 Å². The maximum absolute atomic E-state index is 12.0. The number of ether oxygens (including phenoxy) is 1. The maximum Gasteiger partial charge on any atom is 0.327 e. The molecule has 0 radical (unpaired) electrons. The summed E-state index contributed by atoms with van der Waals surface area (Å²) < 4.78 is 4.90. The Bertz CT molecular complexity index is 539. The molecule has 2 atom stereocenters. The van der Waals surface area contributed by atoms with Crippen LogP contribution in [0.1, 0.15) is 30.1 Å². The lowest BCUT2D eigenvalue weighted by Crippen LogP contribution is -2.31. The van der Waals surface area contributed by atoms with Gasteiger partial charge in [-0.25, -0.2) is 4.79 Å². The molecule has 0 unspecified atom stereocenters. The zero-order valence-corrected chi connectivity index (χ0v) is 11.7. The first-order valence-electron chi connectivity index (χ1n) is 6.66. The van der Waals surface area contributed by atoms with Gasteiger partial charge >= 0.3 is 5.97 Å². The molecule has 0 amide bonds. The van der Waals surface area contributed by atoms with Gasteiger partial charge in [0, 0.05) is 6.04 Å². The predicted molar refractivity (Wildman–Crippen MR) is 79.2 cm³/mol. The van der Waals surface area contributed by atoms with Crippen molar-refractivity contribution in [2.75, 3.05) is 7.11 Å². The van der Waals surface area contributed by atoms with Crippen molar-refractivity contribution in [1.82, 2.24) is 5.32 Å². The third kappa shape index (κ3) is 3.45. The monoisotopic (exact) mass is 269 g/mol. The maximum atomic E-state index is 12.0. The lowest BCUT2D eigenvalue weighted by Gasteiger charge is -2.22. The van der Waals surface area contributed by atoms with Crippen molar-refractivity contribution in [3.8, 4) is 0 Å². The van der Waals surface area contributed by atoms with E-state index in [1.165, 1.54) is 7.11 Å². The SMILES string of the molecule is COC(=O)[C@H](N[C@@H](C)c1ccccc1)c1ccccc1. The molecule has 0 spiro atoms. The highest BCUT2D eigenvalue weighted by Crippen LogP contribution is 2.20. The average molecular weight is 269 g/mol. The summed E-state index contributed by atoms with van der Waals surface area (Å²) >= 11 is 0. The van der Waals surface area contributed by atoms with E-state index in [2.05, 4.69) is 5.32 Å². The molecule has 0 aliphatic carbocycles. The van der Waals surface area contributed by atoms with Crippen LogP contribution in [-0.4, -0.2) is 13.1 Å². The lowest BCUT2D eigenvalue weighted by atomic mass is 10.0. The summed E-state index contributed by atoms with van der Waals surface area (Å²) in [6.45, 7) is 2.04. The topological polar surface area (TPSA) is 38.3 Å². The molecule has 0 aliphatic rings. The van der Waals surface area contributed by atoms with Gasteiger partial charge in [0.05, 0.1) is 7.11 Å². The predicted octanol–water partition coefficient (Wildman–Crippen LogP) is 3.25. The number of esters is 1. The number of nitrogens with one attached hydrogen (secondary N) is 1. The minimum atomic E-state index is -0.462. The molecule has 20 heavy (non-hydrogen) atoms. The highest BCUT2D eigenvalue weighted by Gasteiger charge is 2.23. The molecule has 2 rings (SSSR count). The van der Waals surface area contributed by atoms with Gasteiger partial charge in [0.15, 0.2) is 0 Å². The normalized spacial score (nSPS) is 13.5. The molecule has 0 saturated heterocycles. The fraction of sp³-hybridized carbons (Fsp3) is 0.235. The van der Waals surface area contributed by atoms with Gasteiger partial charge < -0.3 is 4.74 Å².